The fourth-order valence-electron chi connectivity index (χ4n) is 1.87. The number of aliphatic hydroxyl groups is 1. The summed E-state index contributed by atoms with van der Waals surface area (Å²) in [5, 5.41) is 11.9. The summed E-state index contributed by atoms with van der Waals surface area (Å²) < 4.78 is 5.57. The maximum absolute atomic E-state index is 11.3. The molecule has 1 amide bonds. The molecule has 0 bridgehead atoms. The van der Waals surface area contributed by atoms with E-state index >= 15 is 0 Å². The molecule has 0 unspecified atom stereocenters. The summed E-state index contributed by atoms with van der Waals surface area (Å²) >= 11 is 0. The molecule has 6 heteroatoms. The third-order valence-corrected chi connectivity index (χ3v) is 2.83. The van der Waals surface area contributed by atoms with Crippen molar-refractivity contribution >= 4 is 17.3 Å². The summed E-state index contributed by atoms with van der Waals surface area (Å²) in [4.78, 5) is 13.3. The van der Waals surface area contributed by atoms with Gasteiger partial charge in [0.15, 0.2) is 0 Å². The maximum atomic E-state index is 11.3. The molecule has 1 heterocycles. The Morgan fingerprint density at radius 2 is 2.39 bits per heavy atom. The Balaban J connectivity index is 2.32. The molecule has 1 aromatic rings. The number of nitrogens with two attached hydrogens (primary N) is 1. The number of nitrogens with one attached hydrogen (secondary N) is 1. The molecule has 2 rings (SSSR count). The van der Waals surface area contributed by atoms with E-state index in [1.807, 2.05) is 11.9 Å². The van der Waals surface area contributed by atoms with Crippen LogP contribution < -0.4 is 20.7 Å². The molecule has 0 aliphatic carbocycles. The van der Waals surface area contributed by atoms with E-state index in [2.05, 4.69) is 5.32 Å². The molecule has 1 aliphatic heterocycles. The lowest BCUT2D eigenvalue weighted by Crippen LogP contribution is -2.16. The van der Waals surface area contributed by atoms with Gasteiger partial charge in [0.25, 0.3) is 0 Å². The Morgan fingerprint density at radius 3 is 3.06 bits per heavy atom. The second-order valence-electron chi connectivity index (χ2n) is 4.19. The van der Waals surface area contributed by atoms with Crippen molar-refractivity contribution in [2.75, 3.05) is 37.1 Å². The lowest BCUT2D eigenvalue weighted by Gasteiger charge is -2.13. The summed E-state index contributed by atoms with van der Waals surface area (Å²) in [5.74, 6) is 0.115. The summed E-state index contributed by atoms with van der Waals surface area (Å²) in [7, 11) is 1.92. The molecular formula is C12H17N3O3. The Kier molecular flexibility index (Phi) is 3.57. The van der Waals surface area contributed by atoms with Crippen molar-refractivity contribution in [3.05, 3.63) is 17.7 Å². The number of hydrogen-bond donors (Lipinski definition) is 3. The molecule has 0 saturated heterocycles. The summed E-state index contributed by atoms with van der Waals surface area (Å²) in [6.45, 7) is 1.13. The van der Waals surface area contributed by atoms with Gasteiger partial charge < -0.3 is 25.8 Å². The second-order valence-corrected chi connectivity index (χ2v) is 4.19. The van der Waals surface area contributed by atoms with Crippen molar-refractivity contribution in [1.82, 2.24) is 0 Å². The van der Waals surface area contributed by atoms with Gasteiger partial charge in [0.2, 0.25) is 5.91 Å². The standard InChI is InChI=1S/C12H17N3O3/c1-15-7-14-11-9(15)5-8(12(13)17)6-10(11)18-4-2-3-16/h5-6,14,16H,2-4,7H2,1H3,(H2,13,17). The molecule has 0 radical (unpaired) electrons. The number of ether oxygens (including phenoxy) is 1. The van der Waals surface area contributed by atoms with E-state index in [1.165, 1.54) is 0 Å². The number of benzene rings is 1. The minimum Gasteiger partial charge on any atom is -0.491 e. The predicted molar refractivity (Wildman–Crippen MR) is 69.1 cm³/mol. The molecule has 0 atom stereocenters. The van der Waals surface area contributed by atoms with Crippen LogP contribution in [0.1, 0.15) is 16.8 Å². The van der Waals surface area contributed by atoms with Crippen LogP contribution in [0.5, 0.6) is 5.75 Å². The monoisotopic (exact) mass is 251 g/mol. The summed E-state index contributed by atoms with van der Waals surface area (Å²) in [5.41, 5.74) is 7.48. The van der Waals surface area contributed by atoms with E-state index in [0.29, 0.717) is 31.0 Å². The Morgan fingerprint density at radius 1 is 1.61 bits per heavy atom. The first-order valence-corrected chi connectivity index (χ1v) is 5.80. The smallest absolute Gasteiger partial charge is 0.248 e. The zero-order chi connectivity index (χ0) is 13.1. The van der Waals surface area contributed by atoms with Crippen LogP contribution >= 0.6 is 0 Å². The number of carbonyl (C=O) groups excluding carboxylic acids is 1. The molecule has 6 nitrogen and oxygen atoms in total. The lowest BCUT2D eigenvalue weighted by molar-refractivity contribution is 0.1000. The van der Waals surface area contributed by atoms with Gasteiger partial charge in [-0.2, -0.15) is 0 Å². The Hall–Kier alpha value is -1.95. The van der Waals surface area contributed by atoms with Crippen molar-refractivity contribution in [3.63, 3.8) is 0 Å². The average molecular weight is 251 g/mol. The number of amides is 1. The molecule has 18 heavy (non-hydrogen) atoms. The van der Waals surface area contributed by atoms with Gasteiger partial charge in [0, 0.05) is 25.6 Å². The van der Waals surface area contributed by atoms with Crippen LogP contribution in [0, 0.1) is 0 Å². The number of anilines is 2. The van der Waals surface area contributed by atoms with Crippen molar-refractivity contribution in [2.24, 2.45) is 5.73 Å². The third kappa shape index (κ3) is 2.33. The van der Waals surface area contributed by atoms with Crippen molar-refractivity contribution in [1.29, 1.82) is 0 Å². The van der Waals surface area contributed by atoms with Crippen molar-refractivity contribution < 1.29 is 14.6 Å². The molecule has 98 valence electrons. The maximum Gasteiger partial charge on any atom is 0.248 e. The van der Waals surface area contributed by atoms with Gasteiger partial charge in [-0.1, -0.05) is 0 Å². The minimum absolute atomic E-state index is 0.0744. The number of hydrogen-bond acceptors (Lipinski definition) is 5. The largest absolute Gasteiger partial charge is 0.491 e. The Labute approximate surface area is 105 Å². The molecule has 0 aromatic heterocycles. The molecule has 0 spiro atoms. The van der Waals surface area contributed by atoms with Gasteiger partial charge in [-0.25, -0.2) is 0 Å². The van der Waals surface area contributed by atoms with Crippen LogP contribution in [0.3, 0.4) is 0 Å². The summed E-state index contributed by atoms with van der Waals surface area (Å²) in [6.07, 6.45) is 0.547. The van der Waals surface area contributed by atoms with E-state index in [9.17, 15) is 4.79 Å². The number of rotatable bonds is 5. The van der Waals surface area contributed by atoms with E-state index in [0.717, 1.165) is 11.4 Å². The summed E-state index contributed by atoms with van der Waals surface area (Å²) in [6, 6.07) is 3.38. The van der Waals surface area contributed by atoms with E-state index < -0.39 is 5.91 Å². The molecule has 1 aliphatic rings. The highest BCUT2D eigenvalue weighted by Gasteiger charge is 2.21. The molecule has 0 saturated carbocycles. The van der Waals surface area contributed by atoms with Crippen LogP contribution in [0.15, 0.2) is 12.1 Å². The zero-order valence-electron chi connectivity index (χ0n) is 10.3. The molecule has 0 fully saturated rings. The van der Waals surface area contributed by atoms with Crippen LogP contribution in [-0.2, 0) is 0 Å². The number of aliphatic hydroxyl groups excluding tert-OH is 1. The third-order valence-electron chi connectivity index (χ3n) is 2.83. The highest BCUT2D eigenvalue weighted by molar-refractivity contribution is 5.97. The highest BCUT2D eigenvalue weighted by atomic mass is 16.5. The predicted octanol–water partition coefficient (Wildman–Crippen LogP) is 0.366. The van der Waals surface area contributed by atoms with Crippen molar-refractivity contribution in [2.45, 2.75) is 6.42 Å². The molecular weight excluding hydrogens is 234 g/mol. The van der Waals surface area contributed by atoms with Gasteiger partial charge in [-0.15, -0.1) is 0 Å². The number of fused-ring (bicyclic) bond motifs is 1. The topological polar surface area (TPSA) is 87.8 Å². The van der Waals surface area contributed by atoms with Crippen LogP contribution in [0.4, 0.5) is 11.4 Å². The quantitative estimate of drug-likeness (QED) is 0.658. The van der Waals surface area contributed by atoms with Crippen LogP contribution in [0.25, 0.3) is 0 Å². The van der Waals surface area contributed by atoms with Crippen LogP contribution in [-0.4, -0.2) is 37.9 Å². The molecule has 1 aromatic carbocycles. The van der Waals surface area contributed by atoms with E-state index in [1.54, 1.807) is 12.1 Å². The minimum atomic E-state index is -0.481. The van der Waals surface area contributed by atoms with Gasteiger partial charge in [-0.05, 0) is 12.1 Å². The highest BCUT2D eigenvalue weighted by Crippen LogP contribution is 2.39. The van der Waals surface area contributed by atoms with Crippen molar-refractivity contribution in [3.8, 4) is 5.75 Å². The molecule has 4 N–H and O–H groups in total. The number of primary amides is 1. The number of carbonyl (C=O) groups is 1. The number of nitrogens with zero attached hydrogens (tertiary/aromatic N) is 1. The van der Waals surface area contributed by atoms with Gasteiger partial charge >= 0.3 is 0 Å². The fourth-order valence-corrected chi connectivity index (χ4v) is 1.87. The van der Waals surface area contributed by atoms with E-state index in [4.69, 9.17) is 15.6 Å². The first-order chi connectivity index (χ1) is 8.63. The lowest BCUT2D eigenvalue weighted by atomic mass is 10.1. The first-order valence-electron chi connectivity index (χ1n) is 5.80. The van der Waals surface area contributed by atoms with Gasteiger partial charge in [0.05, 0.1) is 19.0 Å². The SMILES string of the molecule is CN1CNc2c(OCCCO)cc(C(N)=O)cc21. The first kappa shape index (κ1) is 12.5. The van der Waals surface area contributed by atoms with E-state index in [-0.39, 0.29) is 6.61 Å². The Bertz CT molecular complexity index is 462. The van der Waals surface area contributed by atoms with Gasteiger partial charge in [0.1, 0.15) is 11.4 Å². The second kappa shape index (κ2) is 5.14. The average Bonchev–Trinajstić information content (AvgIpc) is 2.71. The normalized spacial score (nSPS) is 13.1. The van der Waals surface area contributed by atoms with Gasteiger partial charge in [-0.3, -0.25) is 4.79 Å². The zero-order valence-corrected chi connectivity index (χ0v) is 10.3. The van der Waals surface area contributed by atoms with Crippen LogP contribution in [0.2, 0.25) is 0 Å². The fraction of sp³-hybridized carbons (Fsp3) is 0.417.